The zero-order valence-corrected chi connectivity index (χ0v) is 17.0. The van der Waals surface area contributed by atoms with Crippen LogP contribution in [-0.4, -0.2) is 49.4 Å². The Kier molecular flexibility index (Phi) is 5.46. The van der Waals surface area contributed by atoms with Gasteiger partial charge in [-0.25, -0.2) is 4.39 Å². The van der Waals surface area contributed by atoms with E-state index in [0.717, 1.165) is 13.1 Å². The van der Waals surface area contributed by atoms with Crippen LogP contribution in [0.4, 0.5) is 15.8 Å². The van der Waals surface area contributed by atoms with Crippen molar-refractivity contribution in [2.45, 2.75) is 13.3 Å². The van der Waals surface area contributed by atoms with Crippen molar-refractivity contribution in [2.75, 3.05) is 42.5 Å². The van der Waals surface area contributed by atoms with E-state index in [1.54, 1.807) is 0 Å². The van der Waals surface area contributed by atoms with Crippen LogP contribution in [0.15, 0.2) is 42.5 Å². The van der Waals surface area contributed by atoms with Gasteiger partial charge in [0.2, 0.25) is 11.8 Å². The SMILES string of the molecule is Cc1cccc(N2CCN(C(=O)C3CC(=O)N(c4ccc(F)c(Cl)c4)C3)CC2)c1. The minimum absolute atomic E-state index is 0.0120. The molecule has 1 unspecified atom stereocenters. The topological polar surface area (TPSA) is 43.9 Å². The van der Waals surface area contributed by atoms with Crippen molar-refractivity contribution in [3.63, 3.8) is 0 Å². The molecule has 1 atom stereocenters. The quantitative estimate of drug-likeness (QED) is 0.770. The number of benzene rings is 2. The average Bonchev–Trinajstić information content (AvgIpc) is 3.11. The Balaban J connectivity index is 1.38. The van der Waals surface area contributed by atoms with Gasteiger partial charge in [0.05, 0.1) is 10.9 Å². The van der Waals surface area contributed by atoms with Crippen LogP contribution in [-0.2, 0) is 9.59 Å². The van der Waals surface area contributed by atoms with Gasteiger partial charge in [0, 0.05) is 50.5 Å². The number of hydrogen-bond donors (Lipinski definition) is 0. The zero-order valence-electron chi connectivity index (χ0n) is 16.3. The molecular formula is C22H23ClFN3O2. The third-order valence-electron chi connectivity index (χ3n) is 5.65. The first kappa shape index (κ1) is 19.7. The smallest absolute Gasteiger partial charge is 0.228 e. The fourth-order valence-corrected chi connectivity index (χ4v) is 4.22. The van der Waals surface area contributed by atoms with E-state index < -0.39 is 5.82 Å². The average molecular weight is 416 g/mol. The normalized spacial score (nSPS) is 19.8. The number of halogens is 2. The Labute approximate surface area is 174 Å². The summed E-state index contributed by atoms with van der Waals surface area (Å²) < 4.78 is 13.4. The van der Waals surface area contributed by atoms with E-state index >= 15 is 0 Å². The lowest BCUT2D eigenvalue weighted by atomic mass is 10.1. The van der Waals surface area contributed by atoms with Gasteiger partial charge in [0.15, 0.2) is 0 Å². The monoisotopic (exact) mass is 415 g/mol. The number of rotatable bonds is 3. The summed E-state index contributed by atoms with van der Waals surface area (Å²) in [6.45, 7) is 5.19. The molecule has 4 rings (SSSR count). The number of piperazine rings is 1. The molecule has 0 spiro atoms. The van der Waals surface area contributed by atoms with Gasteiger partial charge in [-0.1, -0.05) is 23.7 Å². The summed E-state index contributed by atoms with van der Waals surface area (Å²) in [7, 11) is 0. The molecule has 7 heteroatoms. The maximum absolute atomic E-state index is 13.4. The molecule has 2 heterocycles. The van der Waals surface area contributed by atoms with Crippen molar-refractivity contribution in [1.82, 2.24) is 4.90 Å². The molecule has 2 fully saturated rings. The van der Waals surface area contributed by atoms with Gasteiger partial charge >= 0.3 is 0 Å². The first-order valence-electron chi connectivity index (χ1n) is 9.78. The third kappa shape index (κ3) is 4.08. The van der Waals surface area contributed by atoms with E-state index in [4.69, 9.17) is 11.6 Å². The Hall–Kier alpha value is -2.60. The second-order valence-electron chi connectivity index (χ2n) is 7.66. The molecule has 2 aromatic rings. The summed E-state index contributed by atoms with van der Waals surface area (Å²) in [5, 5.41) is -0.0302. The van der Waals surface area contributed by atoms with E-state index in [0.29, 0.717) is 25.3 Å². The lowest BCUT2D eigenvalue weighted by molar-refractivity contribution is -0.136. The highest BCUT2D eigenvalue weighted by atomic mass is 35.5. The molecule has 0 aromatic heterocycles. The Morgan fingerprint density at radius 3 is 2.52 bits per heavy atom. The maximum Gasteiger partial charge on any atom is 0.228 e. The summed E-state index contributed by atoms with van der Waals surface area (Å²) in [6, 6.07) is 12.5. The lowest BCUT2D eigenvalue weighted by Crippen LogP contribution is -2.50. The van der Waals surface area contributed by atoms with Crippen LogP contribution in [0.1, 0.15) is 12.0 Å². The Bertz CT molecular complexity index is 943. The zero-order chi connectivity index (χ0) is 20.5. The second-order valence-corrected chi connectivity index (χ2v) is 8.06. The molecule has 2 amide bonds. The maximum atomic E-state index is 13.4. The van der Waals surface area contributed by atoms with Gasteiger partial charge in [0.1, 0.15) is 5.82 Å². The number of amides is 2. The van der Waals surface area contributed by atoms with Gasteiger partial charge in [-0.15, -0.1) is 0 Å². The third-order valence-corrected chi connectivity index (χ3v) is 5.94. The van der Waals surface area contributed by atoms with Crippen molar-refractivity contribution in [3.05, 3.63) is 58.9 Å². The second kappa shape index (κ2) is 8.03. The molecule has 152 valence electrons. The van der Waals surface area contributed by atoms with Crippen LogP contribution < -0.4 is 9.80 Å². The fraction of sp³-hybridized carbons (Fsp3) is 0.364. The molecule has 29 heavy (non-hydrogen) atoms. The first-order valence-corrected chi connectivity index (χ1v) is 10.2. The van der Waals surface area contributed by atoms with Crippen LogP contribution in [0.2, 0.25) is 5.02 Å². The van der Waals surface area contributed by atoms with Gasteiger partial charge in [-0.3, -0.25) is 9.59 Å². The summed E-state index contributed by atoms with van der Waals surface area (Å²) in [5.41, 5.74) is 2.92. The van der Waals surface area contributed by atoms with Crippen molar-refractivity contribution >= 4 is 34.8 Å². The number of carbonyl (C=O) groups is 2. The van der Waals surface area contributed by atoms with Gasteiger partial charge in [0.25, 0.3) is 0 Å². The molecule has 0 radical (unpaired) electrons. The first-order chi connectivity index (χ1) is 13.9. The van der Waals surface area contributed by atoms with E-state index in [2.05, 4.69) is 30.0 Å². The summed E-state index contributed by atoms with van der Waals surface area (Å²) in [4.78, 5) is 31.1. The molecule has 0 N–H and O–H groups in total. The lowest BCUT2D eigenvalue weighted by Gasteiger charge is -2.37. The summed E-state index contributed by atoms with van der Waals surface area (Å²) >= 11 is 5.84. The number of hydrogen-bond acceptors (Lipinski definition) is 3. The van der Waals surface area contributed by atoms with E-state index in [-0.39, 0.29) is 29.2 Å². The Morgan fingerprint density at radius 2 is 1.83 bits per heavy atom. The Morgan fingerprint density at radius 1 is 1.07 bits per heavy atom. The van der Waals surface area contributed by atoms with Crippen molar-refractivity contribution < 1.29 is 14.0 Å². The van der Waals surface area contributed by atoms with Crippen LogP contribution in [0.25, 0.3) is 0 Å². The minimum Gasteiger partial charge on any atom is -0.368 e. The predicted octanol–water partition coefficient (Wildman–Crippen LogP) is 3.49. The van der Waals surface area contributed by atoms with E-state index in [1.807, 2.05) is 11.0 Å². The molecule has 0 saturated carbocycles. The molecule has 2 aliphatic rings. The standard InChI is InChI=1S/C22H23ClFN3O2/c1-15-3-2-4-17(11-15)25-7-9-26(10-8-25)22(29)16-12-21(28)27(14-16)18-5-6-20(24)19(23)13-18/h2-6,11,13,16H,7-10,12,14H2,1H3. The summed E-state index contributed by atoms with van der Waals surface area (Å²) in [6.07, 6.45) is 0.173. The molecule has 2 aliphatic heterocycles. The highest BCUT2D eigenvalue weighted by Crippen LogP contribution is 2.29. The van der Waals surface area contributed by atoms with Crippen LogP contribution in [0, 0.1) is 18.7 Å². The van der Waals surface area contributed by atoms with E-state index in [9.17, 15) is 14.0 Å². The number of aryl methyl sites for hydroxylation is 1. The van der Waals surface area contributed by atoms with Gasteiger partial charge in [-0.2, -0.15) is 0 Å². The predicted molar refractivity (Wildman–Crippen MR) is 112 cm³/mol. The van der Waals surface area contributed by atoms with Crippen LogP contribution in [0.3, 0.4) is 0 Å². The van der Waals surface area contributed by atoms with Crippen molar-refractivity contribution in [2.24, 2.45) is 5.92 Å². The molecule has 5 nitrogen and oxygen atoms in total. The molecule has 0 bridgehead atoms. The van der Waals surface area contributed by atoms with Crippen LogP contribution in [0.5, 0.6) is 0 Å². The molecule has 0 aliphatic carbocycles. The largest absolute Gasteiger partial charge is 0.368 e. The van der Waals surface area contributed by atoms with Crippen molar-refractivity contribution in [1.29, 1.82) is 0 Å². The van der Waals surface area contributed by atoms with Crippen LogP contribution >= 0.6 is 11.6 Å². The molecule has 2 aromatic carbocycles. The highest BCUT2D eigenvalue weighted by molar-refractivity contribution is 6.31. The van der Waals surface area contributed by atoms with E-state index in [1.165, 1.54) is 34.3 Å². The van der Waals surface area contributed by atoms with Gasteiger partial charge < -0.3 is 14.7 Å². The molecule has 2 saturated heterocycles. The summed E-state index contributed by atoms with van der Waals surface area (Å²) in [5.74, 6) is -1.03. The van der Waals surface area contributed by atoms with Crippen molar-refractivity contribution in [3.8, 4) is 0 Å². The van der Waals surface area contributed by atoms with Gasteiger partial charge in [-0.05, 0) is 42.8 Å². The highest BCUT2D eigenvalue weighted by Gasteiger charge is 2.38. The minimum atomic E-state index is -0.527. The fourth-order valence-electron chi connectivity index (χ4n) is 4.04. The number of nitrogens with zero attached hydrogens (tertiary/aromatic N) is 3. The number of anilines is 2. The number of carbonyl (C=O) groups excluding carboxylic acids is 2. The molecular weight excluding hydrogens is 393 g/mol.